The van der Waals surface area contributed by atoms with Gasteiger partial charge in [0.2, 0.25) is 0 Å². The highest BCUT2D eigenvalue weighted by atomic mass is 16.5. The van der Waals surface area contributed by atoms with Crippen LogP contribution < -0.4 is 0 Å². The first-order valence-electron chi connectivity index (χ1n) is 12.8. The van der Waals surface area contributed by atoms with Gasteiger partial charge in [-0.1, -0.05) is 30.3 Å². The molecule has 0 bridgehead atoms. The van der Waals surface area contributed by atoms with Crippen LogP contribution in [0.4, 0.5) is 0 Å². The van der Waals surface area contributed by atoms with Crippen LogP contribution in [-0.4, -0.2) is 45.6 Å². The minimum absolute atomic E-state index is 0.136. The maximum atomic E-state index is 13.5. The van der Waals surface area contributed by atoms with Crippen LogP contribution >= 0.6 is 0 Å². The van der Waals surface area contributed by atoms with Gasteiger partial charge in [-0.2, -0.15) is 0 Å². The molecule has 2 aliphatic rings. The fourth-order valence-electron chi connectivity index (χ4n) is 5.67. The van der Waals surface area contributed by atoms with Crippen molar-refractivity contribution < 1.29 is 19.4 Å². The number of allylic oxidation sites excluding steroid dienone is 1. The molecule has 2 unspecified atom stereocenters. The molecular formula is C30H32N2O4. The normalized spacial score (nSPS) is 20.8. The van der Waals surface area contributed by atoms with E-state index in [1.807, 2.05) is 41.3 Å². The van der Waals surface area contributed by atoms with E-state index in [9.17, 15) is 14.7 Å². The number of amides is 1. The van der Waals surface area contributed by atoms with E-state index in [0.717, 1.165) is 71.8 Å². The molecule has 1 aromatic heterocycles. The van der Waals surface area contributed by atoms with E-state index in [1.165, 1.54) is 0 Å². The van der Waals surface area contributed by atoms with E-state index in [2.05, 4.69) is 19.9 Å². The second-order valence-corrected chi connectivity index (χ2v) is 9.95. The van der Waals surface area contributed by atoms with Crippen molar-refractivity contribution >= 4 is 34.4 Å². The average molecular weight is 485 g/mol. The third kappa shape index (κ3) is 4.72. The number of carbonyl (C=O) groups is 2. The van der Waals surface area contributed by atoms with Gasteiger partial charge in [-0.25, -0.2) is 9.78 Å². The summed E-state index contributed by atoms with van der Waals surface area (Å²) >= 11 is 0. The number of esters is 1. The monoisotopic (exact) mass is 484 g/mol. The molecular weight excluding hydrogens is 452 g/mol. The molecule has 3 aromatic rings. The minimum atomic E-state index is -0.471. The smallest absolute Gasteiger partial charge is 0.339 e. The van der Waals surface area contributed by atoms with Gasteiger partial charge < -0.3 is 14.7 Å². The predicted octanol–water partition coefficient (Wildman–Crippen LogP) is 5.76. The number of para-hydroxylation sites is 1. The Hall–Kier alpha value is -3.67. The first kappa shape index (κ1) is 24.0. The van der Waals surface area contributed by atoms with Crippen LogP contribution in [0.3, 0.4) is 0 Å². The van der Waals surface area contributed by atoms with Crippen molar-refractivity contribution in [3.05, 3.63) is 70.9 Å². The number of rotatable bonds is 4. The van der Waals surface area contributed by atoms with E-state index >= 15 is 0 Å². The molecule has 0 spiro atoms. The molecule has 1 N–H and O–H groups in total. The highest BCUT2D eigenvalue weighted by molar-refractivity contribution is 6.07. The molecule has 0 radical (unpaired) electrons. The third-order valence-corrected chi connectivity index (χ3v) is 7.42. The molecule has 1 saturated heterocycles. The summed E-state index contributed by atoms with van der Waals surface area (Å²) in [5, 5.41) is 10.4. The topological polar surface area (TPSA) is 79.7 Å². The lowest BCUT2D eigenvalue weighted by Crippen LogP contribution is -2.49. The van der Waals surface area contributed by atoms with E-state index < -0.39 is 5.97 Å². The van der Waals surface area contributed by atoms with Crippen molar-refractivity contribution in [3.8, 4) is 5.75 Å². The molecule has 1 fully saturated rings. The molecule has 1 aliphatic heterocycles. The van der Waals surface area contributed by atoms with Crippen LogP contribution in [-0.2, 0) is 16.0 Å². The van der Waals surface area contributed by atoms with E-state index in [4.69, 9.17) is 9.72 Å². The van der Waals surface area contributed by atoms with Crippen molar-refractivity contribution in [2.45, 2.75) is 64.5 Å². The molecule has 6 heteroatoms. The van der Waals surface area contributed by atoms with Crippen LogP contribution in [0.25, 0.3) is 22.6 Å². The highest BCUT2D eigenvalue weighted by Crippen LogP contribution is 2.36. The Morgan fingerprint density at radius 3 is 2.50 bits per heavy atom. The van der Waals surface area contributed by atoms with Gasteiger partial charge in [-0.15, -0.1) is 0 Å². The molecule has 0 saturated carbocycles. The van der Waals surface area contributed by atoms with Crippen molar-refractivity contribution in [1.29, 1.82) is 0 Å². The Kier molecular flexibility index (Phi) is 6.77. The first-order chi connectivity index (χ1) is 17.4. The van der Waals surface area contributed by atoms with Crippen molar-refractivity contribution in [2.24, 2.45) is 0 Å². The van der Waals surface area contributed by atoms with Gasteiger partial charge in [0.25, 0.3) is 5.91 Å². The van der Waals surface area contributed by atoms with Crippen LogP contribution in [0.5, 0.6) is 5.75 Å². The minimum Gasteiger partial charge on any atom is -0.508 e. The zero-order valence-electron chi connectivity index (χ0n) is 20.9. The number of carbonyl (C=O) groups excluding carboxylic acids is 2. The van der Waals surface area contributed by atoms with E-state index in [-0.39, 0.29) is 30.3 Å². The number of pyridine rings is 1. The lowest BCUT2D eigenvalue weighted by atomic mass is 9.86. The SMILES string of the molecule is CC1CCCC(C)N1C(=O)COC(=O)c1c2c(nc3ccccc13)/C(=C\c1ccc(O)cc1)CCC2. The number of aromatic hydroxyl groups is 1. The fraction of sp³-hybridized carbons (Fsp3) is 0.367. The van der Waals surface area contributed by atoms with E-state index in [0.29, 0.717) is 5.56 Å². The molecule has 1 aliphatic carbocycles. The second kappa shape index (κ2) is 10.1. The average Bonchev–Trinajstić information content (AvgIpc) is 2.87. The summed E-state index contributed by atoms with van der Waals surface area (Å²) in [6, 6.07) is 15.0. The summed E-state index contributed by atoms with van der Waals surface area (Å²) in [4.78, 5) is 33.3. The van der Waals surface area contributed by atoms with Crippen LogP contribution in [0, 0.1) is 0 Å². The van der Waals surface area contributed by atoms with E-state index in [1.54, 1.807) is 12.1 Å². The van der Waals surface area contributed by atoms with Gasteiger partial charge in [-0.05, 0) is 93.3 Å². The van der Waals surface area contributed by atoms with Crippen molar-refractivity contribution in [3.63, 3.8) is 0 Å². The molecule has 36 heavy (non-hydrogen) atoms. The number of phenols is 1. The summed E-state index contributed by atoms with van der Waals surface area (Å²) in [6.45, 7) is 3.86. The summed E-state index contributed by atoms with van der Waals surface area (Å²) in [5.74, 6) is -0.386. The van der Waals surface area contributed by atoms with Gasteiger partial charge in [0.05, 0.1) is 16.8 Å². The fourth-order valence-corrected chi connectivity index (χ4v) is 5.67. The van der Waals surface area contributed by atoms with Crippen molar-refractivity contribution in [2.75, 3.05) is 6.61 Å². The molecule has 5 rings (SSSR count). The lowest BCUT2D eigenvalue weighted by Gasteiger charge is -2.38. The number of piperidine rings is 1. The maximum Gasteiger partial charge on any atom is 0.339 e. The number of aromatic nitrogens is 1. The molecule has 6 nitrogen and oxygen atoms in total. The second-order valence-electron chi connectivity index (χ2n) is 9.95. The number of ether oxygens (including phenoxy) is 1. The zero-order chi connectivity index (χ0) is 25.2. The Bertz CT molecular complexity index is 1320. The predicted molar refractivity (Wildman–Crippen MR) is 141 cm³/mol. The lowest BCUT2D eigenvalue weighted by molar-refractivity contribution is -0.140. The van der Waals surface area contributed by atoms with Gasteiger partial charge in [0.1, 0.15) is 5.75 Å². The number of nitrogens with zero attached hydrogens (tertiary/aromatic N) is 2. The summed E-state index contributed by atoms with van der Waals surface area (Å²) in [7, 11) is 0. The van der Waals surface area contributed by atoms with Crippen molar-refractivity contribution in [1.82, 2.24) is 9.88 Å². The number of hydrogen-bond acceptors (Lipinski definition) is 5. The zero-order valence-corrected chi connectivity index (χ0v) is 20.9. The Labute approximate surface area is 211 Å². The quantitative estimate of drug-likeness (QED) is 0.476. The molecule has 186 valence electrons. The maximum absolute atomic E-state index is 13.5. The summed E-state index contributed by atoms with van der Waals surface area (Å²) in [6.07, 6.45) is 7.58. The largest absolute Gasteiger partial charge is 0.508 e. The molecule has 2 heterocycles. The Balaban J connectivity index is 1.48. The van der Waals surface area contributed by atoms with Gasteiger partial charge >= 0.3 is 5.97 Å². The van der Waals surface area contributed by atoms with Crippen LogP contribution in [0.1, 0.15) is 73.1 Å². The standard InChI is InChI=1S/C30H32N2O4/c1-19-7-5-8-20(2)32(19)27(34)18-36-30(35)28-24-10-3-4-12-26(24)31-29-22(9-6-11-25(28)29)17-21-13-15-23(33)16-14-21/h3-4,10,12-17,19-20,33H,5-9,11,18H2,1-2H3/b22-17-. The number of hydrogen-bond donors (Lipinski definition) is 1. The first-order valence-corrected chi connectivity index (χ1v) is 12.8. The summed E-state index contributed by atoms with van der Waals surface area (Å²) < 4.78 is 5.68. The van der Waals surface area contributed by atoms with Gasteiger partial charge in [0, 0.05) is 17.5 Å². The number of benzene rings is 2. The van der Waals surface area contributed by atoms with Gasteiger partial charge in [-0.3, -0.25) is 4.79 Å². The molecule has 2 atom stereocenters. The number of fused-ring (bicyclic) bond motifs is 2. The van der Waals surface area contributed by atoms with Gasteiger partial charge in [0.15, 0.2) is 6.61 Å². The number of likely N-dealkylation sites (tertiary alicyclic amines) is 1. The third-order valence-electron chi connectivity index (χ3n) is 7.42. The van der Waals surface area contributed by atoms with Crippen LogP contribution in [0.2, 0.25) is 0 Å². The highest BCUT2D eigenvalue weighted by Gasteiger charge is 2.31. The number of phenolic OH excluding ortho intramolecular Hbond substituents is 1. The molecule has 1 amide bonds. The Morgan fingerprint density at radius 2 is 1.75 bits per heavy atom. The van der Waals surface area contributed by atoms with Crippen LogP contribution in [0.15, 0.2) is 48.5 Å². The molecule has 2 aromatic carbocycles. The summed E-state index contributed by atoms with van der Waals surface area (Å²) in [5.41, 5.74) is 4.94. The Morgan fingerprint density at radius 1 is 1.03 bits per heavy atom.